The Morgan fingerprint density at radius 2 is 1.79 bits per heavy atom. The van der Waals surface area contributed by atoms with Crippen molar-refractivity contribution in [2.45, 2.75) is 44.7 Å². The summed E-state index contributed by atoms with van der Waals surface area (Å²) in [6.45, 7) is 1.63. The molecule has 2 aliphatic heterocycles. The molecule has 0 bridgehead atoms. The molecule has 184 valence electrons. The number of halogens is 1. The molecular weight excluding hydrogens is 505 g/mol. The van der Waals surface area contributed by atoms with Crippen LogP contribution >= 0.6 is 11.6 Å². The van der Waals surface area contributed by atoms with E-state index in [4.69, 9.17) is 16.2 Å². The molecule has 2 heterocycles. The molecule has 1 aliphatic carbocycles. The summed E-state index contributed by atoms with van der Waals surface area (Å²) in [4.78, 5) is 64.2. The molecular formula is C18H25ClN5NaO8S. The van der Waals surface area contributed by atoms with Gasteiger partial charge in [-0.3, -0.25) is 28.6 Å². The number of hydrogen-bond acceptors (Lipinski definition) is 7. The number of amides is 6. The van der Waals surface area contributed by atoms with Crippen LogP contribution < -0.4 is 10.6 Å². The summed E-state index contributed by atoms with van der Waals surface area (Å²) in [7, 11) is -4.73. The molecule has 2 unspecified atom stereocenters. The van der Waals surface area contributed by atoms with Gasteiger partial charge in [-0.15, -0.1) is 0 Å². The van der Waals surface area contributed by atoms with Gasteiger partial charge in [0.1, 0.15) is 12.1 Å². The van der Waals surface area contributed by atoms with Crippen molar-refractivity contribution in [1.29, 1.82) is 0 Å². The average Bonchev–Trinajstić information content (AvgIpc) is 2.75. The van der Waals surface area contributed by atoms with Crippen molar-refractivity contribution in [2.24, 2.45) is 0 Å². The summed E-state index contributed by atoms with van der Waals surface area (Å²) in [5.41, 5.74) is 0.401. The van der Waals surface area contributed by atoms with Crippen LogP contribution in [-0.4, -0.2) is 125 Å². The van der Waals surface area contributed by atoms with Gasteiger partial charge in [0.2, 0.25) is 5.91 Å². The van der Waals surface area contributed by atoms with Gasteiger partial charge in [-0.05, 0) is 38.2 Å². The molecule has 13 nitrogen and oxygen atoms in total. The molecule has 0 spiro atoms. The third-order valence-electron chi connectivity index (χ3n) is 5.74. The molecule has 2 saturated heterocycles. The first-order valence-electron chi connectivity index (χ1n) is 10.3. The number of nitrogens with one attached hydrogen (secondary N) is 2. The Morgan fingerprint density at radius 3 is 2.35 bits per heavy atom. The third kappa shape index (κ3) is 5.91. The van der Waals surface area contributed by atoms with E-state index < -0.39 is 58.6 Å². The van der Waals surface area contributed by atoms with Gasteiger partial charge >= 0.3 is 57.7 Å². The van der Waals surface area contributed by atoms with Gasteiger partial charge in [0, 0.05) is 24.7 Å². The molecule has 0 aromatic rings. The Morgan fingerprint density at radius 1 is 1.15 bits per heavy atom. The van der Waals surface area contributed by atoms with Crippen molar-refractivity contribution in [3.05, 3.63) is 10.6 Å². The molecule has 0 aromatic heterocycles. The Kier molecular flexibility index (Phi) is 9.52. The van der Waals surface area contributed by atoms with E-state index in [-0.39, 0.29) is 47.0 Å². The third-order valence-corrected chi connectivity index (χ3v) is 7.06. The van der Waals surface area contributed by atoms with E-state index in [1.165, 1.54) is 4.90 Å². The fourth-order valence-electron chi connectivity index (χ4n) is 3.84. The predicted molar refractivity (Wildman–Crippen MR) is 120 cm³/mol. The standard InChI is InChI=1S/C18H24ClN5O8S.Na.H/c1-2-22-7-8-23(17(28)16(22)27)18(29)21-13(10-5-3-4-6-11(10)19)14(25)20-12-9-24(15(12)26)33(30,31)32;;/h12-13H,2-9H2,1H3,(H,20,25)(H,21,29)(H,30,31,32);;. The van der Waals surface area contributed by atoms with Crippen LogP contribution in [-0.2, 0) is 29.5 Å². The van der Waals surface area contributed by atoms with E-state index in [2.05, 4.69) is 10.6 Å². The Hall–Kier alpha value is -1.71. The minimum atomic E-state index is -4.73. The molecule has 3 aliphatic rings. The summed E-state index contributed by atoms with van der Waals surface area (Å²) in [6.07, 6.45) is 2.32. The molecule has 6 amide bonds. The number of nitrogens with zero attached hydrogens (tertiary/aromatic N) is 3. The van der Waals surface area contributed by atoms with Gasteiger partial charge in [0.25, 0.3) is 5.91 Å². The van der Waals surface area contributed by atoms with E-state index >= 15 is 0 Å². The van der Waals surface area contributed by atoms with Crippen molar-refractivity contribution >= 4 is 81.1 Å². The van der Waals surface area contributed by atoms with Gasteiger partial charge in [0.05, 0.1) is 6.54 Å². The molecule has 3 N–H and O–H groups in total. The quantitative estimate of drug-likeness (QED) is 0.158. The van der Waals surface area contributed by atoms with Gasteiger partial charge in [0.15, 0.2) is 0 Å². The van der Waals surface area contributed by atoms with Crippen molar-refractivity contribution < 1.29 is 36.9 Å². The van der Waals surface area contributed by atoms with E-state index in [1.807, 2.05) is 0 Å². The first-order valence-corrected chi connectivity index (χ1v) is 12.1. The molecule has 16 heteroatoms. The number of allylic oxidation sites excluding steroid dienone is 1. The number of hydrogen-bond donors (Lipinski definition) is 3. The fourth-order valence-corrected chi connectivity index (χ4v) is 4.87. The van der Waals surface area contributed by atoms with E-state index in [0.717, 1.165) is 6.42 Å². The monoisotopic (exact) mass is 529 g/mol. The number of urea groups is 1. The van der Waals surface area contributed by atoms with E-state index in [0.29, 0.717) is 41.3 Å². The SMILES string of the molecule is CCN1CCN(C(=O)NC(C(=O)NC2CN(S(=O)(=O)O)C2=O)C2=C(Cl)CCCC2)C(=O)C1=O.[NaH]. The van der Waals surface area contributed by atoms with Gasteiger partial charge in [-0.1, -0.05) is 11.6 Å². The second kappa shape index (κ2) is 11.4. The fraction of sp³-hybridized carbons (Fsp3) is 0.611. The number of carbonyl (C=O) groups excluding carboxylic acids is 5. The number of β-lactam (4-membered cyclic amide) rings is 1. The summed E-state index contributed by atoms with van der Waals surface area (Å²) >= 11 is 6.30. The zero-order chi connectivity index (χ0) is 24.5. The van der Waals surface area contributed by atoms with Crippen LogP contribution in [0.5, 0.6) is 0 Å². The summed E-state index contributed by atoms with van der Waals surface area (Å²) in [5, 5.41) is 5.13. The van der Waals surface area contributed by atoms with Crippen molar-refractivity contribution in [1.82, 2.24) is 24.7 Å². The zero-order valence-corrected chi connectivity index (χ0v) is 19.3. The van der Waals surface area contributed by atoms with E-state index in [1.54, 1.807) is 6.92 Å². The van der Waals surface area contributed by atoms with Gasteiger partial charge in [-0.25, -0.2) is 9.10 Å². The second-order valence-corrected chi connectivity index (χ2v) is 9.56. The summed E-state index contributed by atoms with van der Waals surface area (Å²) < 4.78 is 31.4. The maximum atomic E-state index is 13.0. The van der Waals surface area contributed by atoms with Gasteiger partial charge < -0.3 is 15.5 Å². The Bertz CT molecular complexity index is 1040. The van der Waals surface area contributed by atoms with Crippen molar-refractivity contribution in [3.8, 4) is 0 Å². The number of likely N-dealkylation sites (N-methyl/N-ethyl adjacent to an activating group) is 1. The van der Waals surface area contributed by atoms with Crippen LogP contribution in [0.1, 0.15) is 32.6 Å². The molecule has 2 fully saturated rings. The van der Waals surface area contributed by atoms with Crippen molar-refractivity contribution in [2.75, 3.05) is 26.2 Å². The molecule has 0 saturated carbocycles. The molecule has 3 rings (SSSR count). The number of imide groups is 1. The maximum absolute atomic E-state index is 13.0. The van der Waals surface area contributed by atoms with Crippen LogP contribution in [0.3, 0.4) is 0 Å². The van der Waals surface area contributed by atoms with Crippen LogP contribution in [0.4, 0.5) is 4.79 Å². The molecule has 0 radical (unpaired) electrons. The topological polar surface area (TPSA) is 173 Å². The number of piperazine rings is 1. The Balaban J connectivity index is 0.00000408. The minimum absolute atomic E-state index is 0. The molecule has 34 heavy (non-hydrogen) atoms. The zero-order valence-electron chi connectivity index (χ0n) is 17.7. The number of rotatable bonds is 6. The van der Waals surface area contributed by atoms with E-state index in [9.17, 15) is 32.4 Å². The van der Waals surface area contributed by atoms with Gasteiger partial charge in [-0.2, -0.15) is 8.42 Å². The van der Waals surface area contributed by atoms with Crippen LogP contribution in [0.15, 0.2) is 10.6 Å². The normalized spacial score (nSPS) is 22.1. The number of carbonyl (C=O) groups is 5. The molecule has 2 atom stereocenters. The Labute approximate surface area is 223 Å². The predicted octanol–water partition coefficient (Wildman–Crippen LogP) is -1.70. The van der Waals surface area contributed by atoms with Crippen LogP contribution in [0.2, 0.25) is 0 Å². The first kappa shape index (κ1) is 28.5. The molecule has 0 aromatic carbocycles. The average molecular weight is 530 g/mol. The summed E-state index contributed by atoms with van der Waals surface area (Å²) in [5.74, 6) is -3.73. The first-order chi connectivity index (χ1) is 15.5. The van der Waals surface area contributed by atoms with Crippen LogP contribution in [0, 0.1) is 0 Å². The second-order valence-electron chi connectivity index (χ2n) is 7.77. The van der Waals surface area contributed by atoms with Crippen LogP contribution in [0.25, 0.3) is 0 Å². The van der Waals surface area contributed by atoms with Crippen molar-refractivity contribution in [3.63, 3.8) is 0 Å². The summed E-state index contributed by atoms with van der Waals surface area (Å²) in [6, 6.07) is -3.53.